The van der Waals surface area contributed by atoms with E-state index in [0.717, 1.165) is 35.4 Å². The molecular formula is C31H32Cl3NO3. The summed E-state index contributed by atoms with van der Waals surface area (Å²) in [5, 5.41) is 1.58. The van der Waals surface area contributed by atoms with E-state index in [9.17, 15) is 9.59 Å². The van der Waals surface area contributed by atoms with Crippen molar-refractivity contribution in [2.24, 2.45) is 10.8 Å². The Morgan fingerprint density at radius 3 is 1.89 bits per heavy atom. The molecule has 5 rings (SSSR count). The fourth-order valence-corrected chi connectivity index (χ4v) is 6.79. The molecule has 4 nitrogen and oxygen atoms in total. The maximum Gasteiger partial charge on any atom is 0.162 e. The summed E-state index contributed by atoms with van der Waals surface area (Å²) in [5.74, 6) is 0.189. The van der Waals surface area contributed by atoms with Gasteiger partial charge in [0, 0.05) is 74.5 Å². The molecule has 0 amide bonds. The predicted octanol–water partition coefficient (Wildman–Crippen LogP) is 8.54. The van der Waals surface area contributed by atoms with Crippen LogP contribution in [0.3, 0.4) is 0 Å². The van der Waals surface area contributed by atoms with E-state index in [1.54, 1.807) is 18.2 Å². The Balaban J connectivity index is 1.67. The molecule has 0 radical (unpaired) electrons. The van der Waals surface area contributed by atoms with Crippen molar-refractivity contribution < 1.29 is 14.3 Å². The maximum atomic E-state index is 13.8. The summed E-state index contributed by atoms with van der Waals surface area (Å²) < 4.78 is 6.32. The third-order valence-corrected chi connectivity index (χ3v) is 8.68. The van der Waals surface area contributed by atoms with Gasteiger partial charge in [0.2, 0.25) is 0 Å². The quantitative estimate of drug-likeness (QED) is 0.368. The number of rotatable bonds is 4. The summed E-state index contributed by atoms with van der Waals surface area (Å²) in [6, 6.07) is 10.7. The number of halogens is 3. The van der Waals surface area contributed by atoms with Crippen LogP contribution in [0.4, 0.5) is 0 Å². The number of ether oxygens (including phenoxy) is 1. The molecule has 0 aromatic heterocycles. The number of benzene rings is 2. The van der Waals surface area contributed by atoms with E-state index < -0.39 is 5.92 Å². The molecule has 0 spiro atoms. The van der Waals surface area contributed by atoms with Gasteiger partial charge in [0.15, 0.2) is 11.6 Å². The zero-order valence-electron chi connectivity index (χ0n) is 22.4. The van der Waals surface area contributed by atoms with Crippen molar-refractivity contribution in [3.8, 4) is 5.75 Å². The van der Waals surface area contributed by atoms with E-state index in [1.165, 1.54) is 0 Å². The van der Waals surface area contributed by atoms with Gasteiger partial charge in [-0.05, 0) is 54.0 Å². The van der Waals surface area contributed by atoms with E-state index in [4.69, 9.17) is 39.5 Å². The minimum atomic E-state index is -0.530. The topological polar surface area (TPSA) is 46.6 Å². The molecule has 0 fully saturated rings. The second kappa shape index (κ2) is 9.73. The van der Waals surface area contributed by atoms with Gasteiger partial charge >= 0.3 is 0 Å². The SMILES string of the molecule is CN1C2=C(C(=O)CC(C)(C)C2)C(c2cc(Cl)ccc2OCc2ccc(Cl)cc2Cl)C2=C1CC(C)(C)CC2=O. The van der Waals surface area contributed by atoms with E-state index in [2.05, 4.69) is 32.6 Å². The van der Waals surface area contributed by atoms with Crippen LogP contribution in [0.1, 0.15) is 70.4 Å². The molecule has 0 atom stereocenters. The summed E-state index contributed by atoms with van der Waals surface area (Å²) in [7, 11) is 2.00. The Morgan fingerprint density at radius 1 is 0.816 bits per heavy atom. The maximum absolute atomic E-state index is 13.8. The van der Waals surface area contributed by atoms with Gasteiger partial charge in [-0.1, -0.05) is 68.6 Å². The highest BCUT2D eigenvalue weighted by Crippen LogP contribution is 2.55. The summed E-state index contributed by atoms with van der Waals surface area (Å²) in [4.78, 5) is 29.7. The standard InChI is InChI=1S/C31H32Cl3NO3/c1-30(2)12-22-28(24(36)14-30)27(29-23(35(22)5)13-31(3,4)15-25(29)37)20-10-18(32)8-9-26(20)38-16-17-6-7-19(33)11-21(17)34/h6-11,27H,12-16H2,1-5H3. The monoisotopic (exact) mass is 571 g/mol. The average molecular weight is 573 g/mol. The van der Waals surface area contributed by atoms with Crippen molar-refractivity contribution in [1.29, 1.82) is 0 Å². The number of allylic oxidation sites excluding steroid dienone is 4. The largest absolute Gasteiger partial charge is 0.489 e. The second-order valence-corrected chi connectivity index (χ2v) is 13.6. The first kappa shape index (κ1) is 27.3. The molecule has 0 bridgehead atoms. The fourth-order valence-electron chi connectivity index (χ4n) is 6.15. The highest BCUT2D eigenvalue weighted by atomic mass is 35.5. The summed E-state index contributed by atoms with van der Waals surface area (Å²) >= 11 is 19.0. The molecule has 1 aliphatic heterocycles. The van der Waals surface area contributed by atoms with Crippen molar-refractivity contribution in [2.45, 2.75) is 65.9 Å². The van der Waals surface area contributed by atoms with Crippen molar-refractivity contribution >= 4 is 46.4 Å². The summed E-state index contributed by atoms with van der Waals surface area (Å²) in [5.41, 5.74) is 4.55. The molecule has 38 heavy (non-hydrogen) atoms. The van der Waals surface area contributed by atoms with Gasteiger partial charge < -0.3 is 9.64 Å². The van der Waals surface area contributed by atoms with Crippen LogP contribution in [0.2, 0.25) is 15.1 Å². The Hall–Kier alpha value is -2.27. The van der Waals surface area contributed by atoms with E-state index in [1.807, 2.05) is 25.2 Å². The molecule has 0 saturated carbocycles. The molecular weight excluding hydrogens is 541 g/mol. The molecule has 200 valence electrons. The Bertz CT molecular complexity index is 1370. The lowest BCUT2D eigenvalue weighted by Gasteiger charge is -2.48. The second-order valence-electron chi connectivity index (χ2n) is 12.3. The molecule has 2 aromatic carbocycles. The van der Waals surface area contributed by atoms with Crippen LogP contribution in [0, 0.1) is 10.8 Å². The van der Waals surface area contributed by atoms with E-state index >= 15 is 0 Å². The molecule has 0 saturated heterocycles. The third-order valence-electron chi connectivity index (χ3n) is 7.86. The van der Waals surface area contributed by atoms with Crippen LogP contribution < -0.4 is 4.74 Å². The van der Waals surface area contributed by atoms with Crippen LogP contribution >= 0.6 is 34.8 Å². The van der Waals surface area contributed by atoms with Crippen LogP contribution in [-0.2, 0) is 16.2 Å². The smallest absolute Gasteiger partial charge is 0.162 e. The van der Waals surface area contributed by atoms with Crippen LogP contribution in [0.5, 0.6) is 5.75 Å². The fraction of sp³-hybridized carbons (Fsp3) is 0.419. The number of ketones is 2. The Morgan fingerprint density at radius 2 is 1.34 bits per heavy atom. The van der Waals surface area contributed by atoms with Gasteiger partial charge in [-0.25, -0.2) is 0 Å². The molecule has 1 heterocycles. The number of Topliss-reactive ketones (excluding diaryl/α,β-unsaturated/α-hetero) is 2. The molecule has 2 aliphatic carbocycles. The number of nitrogens with zero attached hydrogens (tertiary/aromatic N) is 1. The molecule has 0 N–H and O–H groups in total. The summed E-state index contributed by atoms with van der Waals surface area (Å²) in [6.07, 6.45) is 2.36. The van der Waals surface area contributed by atoms with Gasteiger partial charge in [-0.15, -0.1) is 0 Å². The van der Waals surface area contributed by atoms with Gasteiger partial charge in [0.1, 0.15) is 12.4 Å². The van der Waals surface area contributed by atoms with Crippen molar-refractivity contribution in [3.63, 3.8) is 0 Å². The lowest BCUT2D eigenvalue weighted by Crippen LogP contribution is -2.43. The minimum absolute atomic E-state index is 0.0731. The highest BCUT2D eigenvalue weighted by Gasteiger charge is 2.48. The molecule has 0 unspecified atom stereocenters. The predicted molar refractivity (Wildman–Crippen MR) is 153 cm³/mol. The Labute approximate surface area is 239 Å². The van der Waals surface area contributed by atoms with Crippen molar-refractivity contribution in [1.82, 2.24) is 4.90 Å². The van der Waals surface area contributed by atoms with Gasteiger partial charge in [-0.3, -0.25) is 9.59 Å². The van der Waals surface area contributed by atoms with Gasteiger partial charge in [0.25, 0.3) is 0 Å². The zero-order chi connectivity index (χ0) is 27.6. The molecule has 3 aliphatic rings. The Kier molecular flexibility index (Phi) is 6.99. The minimum Gasteiger partial charge on any atom is -0.489 e. The van der Waals surface area contributed by atoms with Crippen molar-refractivity contribution in [2.75, 3.05) is 7.05 Å². The first-order valence-electron chi connectivity index (χ1n) is 12.9. The van der Waals surface area contributed by atoms with Crippen molar-refractivity contribution in [3.05, 3.63) is 85.1 Å². The lowest BCUT2D eigenvalue weighted by molar-refractivity contribution is -0.119. The normalized spacial score (nSPS) is 21.0. The van der Waals surface area contributed by atoms with Crippen LogP contribution in [0.15, 0.2) is 58.9 Å². The van der Waals surface area contributed by atoms with Crippen LogP contribution in [-0.4, -0.2) is 23.5 Å². The van der Waals surface area contributed by atoms with Gasteiger partial charge in [-0.2, -0.15) is 0 Å². The highest BCUT2D eigenvalue weighted by molar-refractivity contribution is 6.35. The van der Waals surface area contributed by atoms with Crippen LogP contribution in [0.25, 0.3) is 0 Å². The van der Waals surface area contributed by atoms with E-state index in [0.29, 0.717) is 44.8 Å². The summed E-state index contributed by atoms with van der Waals surface area (Å²) in [6.45, 7) is 8.71. The first-order chi connectivity index (χ1) is 17.8. The number of carbonyl (C=O) groups excluding carboxylic acids is 2. The zero-order valence-corrected chi connectivity index (χ0v) is 24.7. The van der Waals surface area contributed by atoms with Gasteiger partial charge in [0.05, 0.1) is 0 Å². The first-order valence-corrected chi connectivity index (χ1v) is 14.0. The number of hydrogen-bond donors (Lipinski definition) is 0. The average Bonchev–Trinajstić information content (AvgIpc) is 2.79. The lowest BCUT2D eigenvalue weighted by atomic mass is 9.63. The molecule has 7 heteroatoms. The third kappa shape index (κ3) is 5.03. The number of carbonyl (C=O) groups is 2. The molecule has 2 aromatic rings. The number of hydrogen-bond acceptors (Lipinski definition) is 4. The van der Waals surface area contributed by atoms with E-state index in [-0.39, 0.29) is 29.0 Å².